The molecular formula is C13H15N3O2S. The highest BCUT2D eigenvalue weighted by Gasteiger charge is 2.16. The molecule has 1 aromatic carbocycles. The normalized spacial score (nSPS) is 12.1. The Hall–Kier alpha value is -1.76. The number of carbonyl (C=O) groups is 1. The molecule has 100 valence electrons. The Morgan fingerprint density at radius 2 is 2.16 bits per heavy atom. The van der Waals surface area contributed by atoms with Gasteiger partial charge in [0.15, 0.2) is 0 Å². The zero-order chi connectivity index (χ0) is 13.7. The molecule has 5 nitrogen and oxygen atoms in total. The molecule has 0 fully saturated rings. The molecule has 0 radical (unpaired) electrons. The fourth-order valence-electron chi connectivity index (χ4n) is 1.66. The number of hydrogen-bond acceptors (Lipinski definition) is 5. The predicted octanol–water partition coefficient (Wildman–Crippen LogP) is 1.07. The average molecular weight is 277 g/mol. The van der Waals surface area contributed by atoms with Crippen LogP contribution in [0.3, 0.4) is 0 Å². The molecule has 4 N–H and O–H groups in total. The first-order valence-corrected chi connectivity index (χ1v) is 6.73. The largest absolute Gasteiger partial charge is 0.394 e. The highest BCUT2D eigenvalue weighted by Crippen LogP contribution is 2.14. The van der Waals surface area contributed by atoms with Crippen LogP contribution in [0.15, 0.2) is 35.7 Å². The first-order chi connectivity index (χ1) is 9.24. The molecule has 2 rings (SSSR count). The SMILES string of the molecule is NCc1nc(C(=O)N[C@H](CO)c2ccccc2)cs1. The van der Waals surface area contributed by atoms with Gasteiger partial charge in [-0.3, -0.25) is 4.79 Å². The van der Waals surface area contributed by atoms with E-state index in [1.54, 1.807) is 5.38 Å². The van der Waals surface area contributed by atoms with Crippen LogP contribution in [0.1, 0.15) is 27.1 Å². The van der Waals surface area contributed by atoms with Crippen LogP contribution in [-0.4, -0.2) is 22.6 Å². The lowest BCUT2D eigenvalue weighted by Gasteiger charge is -2.15. The van der Waals surface area contributed by atoms with Crippen molar-refractivity contribution in [1.82, 2.24) is 10.3 Å². The highest BCUT2D eigenvalue weighted by molar-refractivity contribution is 7.09. The minimum Gasteiger partial charge on any atom is -0.394 e. The van der Waals surface area contributed by atoms with E-state index in [4.69, 9.17) is 5.73 Å². The van der Waals surface area contributed by atoms with Crippen LogP contribution in [-0.2, 0) is 6.54 Å². The van der Waals surface area contributed by atoms with Gasteiger partial charge in [0.2, 0.25) is 0 Å². The van der Waals surface area contributed by atoms with Gasteiger partial charge in [0.1, 0.15) is 10.7 Å². The Balaban J connectivity index is 2.08. The van der Waals surface area contributed by atoms with E-state index >= 15 is 0 Å². The van der Waals surface area contributed by atoms with Gasteiger partial charge in [0, 0.05) is 11.9 Å². The molecule has 1 heterocycles. The molecule has 2 aromatic rings. The summed E-state index contributed by atoms with van der Waals surface area (Å²) in [6.07, 6.45) is 0. The summed E-state index contributed by atoms with van der Waals surface area (Å²) in [6, 6.07) is 8.88. The van der Waals surface area contributed by atoms with Crippen LogP contribution in [0.4, 0.5) is 0 Å². The van der Waals surface area contributed by atoms with Crippen molar-refractivity contribution in [2.75, 3.05) is 6.61 Å². The molecule has 1 aromatic heterocycles. The molecule has 0 aliphatic rings. The van der Waals surface area contributed by atoms with Crippen molar-refractivity contribution in [3.63, 3.8) is 0 Å². The number of hydrogen-bond donors (Lipinski definition) is 3. The third-order valence-corrected chi connectivity index (χ3v) is 3.52. The minimum atomic E-state index is -0.434. The summed E-state index contributed by atoms with van der Waals surface area (Å²) in [6.45, 7) is 0.156. The summed E-state index contributed by atoms with van der Waals surface area (Å²) >= 11 is 1.35. The molecular weight excluding hydrogens is 262 g/mol. The van der Waals surface area contributed by atoms with E-state index in [2.05, 4.69) is 10.3 Å². The maximum Gasteiger partial charge on any atom is 0.271 e. The summed E-state index contributed by atoms with van der Waals surface area (Å²) in [5.74, 6) is -0.307. The number of aromatic nitrogens is 1. The highest BCUT2D eigenvalue weighted by atomic mass is 32.1. The van der Waals surface area contributed by atoms with E-state index in [-0.39, 0.29) is 12.5 Å². The standard InChI is InChI=1S/C13H15N3O2S/c14-6-12-15-11(8-19-12)13(18)16-10(7-17)9-4-2-1-3-5-9/h1-5,8,10,17H,6-7,14H2,(H,16,18)/t10-/m1/s1. The second kappa shape index (κ2) is 6.42. The molecule has 1 amide bonds. The third-order valence-electron chi connectivity index (χ3n) is 2.65. The van der Waals surface area contributed by atoms with Gasteiger partial charge in [-0.1, -0.05) is 30.3 Å². The molecule has 0 unspecified atom stereocenters. The monoisotopic (exact) mass is 277 g/mol. The first kappa shape index (κ1) is 13.7. The number of aliphatic hydroxyl groups excluding tert-OH is 1. The molecule has 0 saturated heterocycles. The summed E-state index contributed by atoms with van der Waals surface area (Å²) in [5.41, 5.74) is 6.65. The van der Waals surface area contributed by atoms with E-state index in [0.29, 0.717) is 17.2 Å². The smallest absolute Gasteiger partial charge is 0.271 e. The van der Waals surface area contributed by atoms with Crippen molar-refractivity contribution < 1.29 is 9.90 Å². The van der Waals surface area contributed by atoms with Crippen LogP contribution in [0.2, 0.25) is 0 Å². The van der Waals surface area contributed by atoms with Crippen LogP contribution in [0.25, 0.3) is 0 Å². The third kappa shape index (κ3) is 3.37. The van der Waals surface area contributed by atoms with Gasteiger partial charge in [-0.2, -0.15) is 0 Å². The van der Waals surface area contributed by atoms with Crippen LogP contribution < -0.4 is 11.1 Å². The Bertz CT molecular complexity index is 542. The van der Waals surface area contributed by atoms with Crippen molar-refractivity contribution in [2.45, 2.75) is 12.6 Å². The second-order valence-electron chi connectivity index (χ2n) is 3.95. The minimum absolute atomic E-state index is 0.163. The van der Waals surface area contributed by atoms with E-state index in [9.17, 15) is 9.90 Å². The van der Waals surface area contributed by atoms with Gasteiger partial charge in [0.25, 0.3) is 5.91 Å². The van der Waals surface area contributed by atoms with Gasteiger partial charge in [-0.25, -0.2) is 4.98 Å². The Kier molecular flexibility index (Phi) is 4.62. The molecule has 1 atom stereocenters. The van der Waals surface area contributed by atoms with Crippen molar-refractivity contribution >= 4 is 17.2 Å². The number of carbonyl (C=O) groups excluding carboxylic acids is 1. The van der Waals surface area contributed by atoms with Crippen molar-refractivity contribution in [3.8, 4) is 0 Å². The number of amides is 1. The lowest BCUT2D eigenvalue weighted by molar-refractivity contribution is 0.0911. The maximum atomic E-state index is 12.0. The van der Waals surface area contributed by atoms with Gasteiger partial charge < -0.3 is 16.2 Å². The van der Waals surface area contributed by atoms with Crippen LogP contribution >= 0.6 is 11.3 Å². The van der Waals surface area contributed by atoms with E-state index in [1.165, 1.54) is 11.3 Å². The fraction of sp³-hybridized carbons (Fsp3) is 0.231. The lowest BCUT2D eigenvalue weighted by Crippen LogP contribution is -2.31. The first-order valence-electron chi connectivity index (χ1n) is 5.85. The number of nitrogens with zero attached hydrogens (tertiary/aromatic N) is 1. The van der Waals surface area contributed by atoms with Gasteiger partial charge in [-0.15, -0.1) is 11.3 Å². The summed E-state index contributed by atoms with van der Waals surface area (Å²) in [7, 11) is 0. The molecule has 19 heavy (non-hydrogen) atoms. The molecule has 0 aliphatic carbocycles. The number of aliphatic hydroxyl groups is 1. The van der Waals surface area contributed by atoms with Crippen molar-refractivity contribution in [1.29, 1.82) is 0 Å². The summed E-state index contributed by atoms with van der Waals surface area (Å²) in [4.78, 5) is 16.1. The maximum absolute atomic E-state index is 12.0. The molecule has 6 heteroatoms. The molecule has 0 aliphatic heterocycles. The Morgan fingerprint density at radius 3 is 2.74 bits per heavy atom. The fourth-order valence-corrected chi connectivity index (χ4v) is 2.32. The zero-order valence-corrected chi connectivity index (χ0v) is 11.1. The number of nitrogens with two attached hydrogens (primary N) is 1. The molecule has 0 spiro atoms. The molecule has 0 saturated carbocycles. The lowest BCUT2D eigenvalue weighted by atomic mass is 10.1. The van der Waals surface area contributed by atoms with E-state index in [1.807, 2.05) is 30.3 Å². The van der Waals surface area contributed by atoms with Gasteiger partial charge >= 0.3 is 0 Å². The number of nitrogens with one attached hydrogen (secondary N) is 1. The zero-order valence-electron chi connectivity index (χ0n) is 10.2. The van der Waals surface area contributed by atoms with Crippen LogP contribution in [0.5, 0.6) is 0 Å². The number of benzene rings is 1. The van der Waals surface area contributed by atoms with Gasteiger partial charge in [-0.05, 0) is 5.56 Å². The van der Waals surface area contributed by atoms with E-state index < -0.39 is 6.04 Å². The number of rotatable bonds is 5. The average Bonchev–Trinajstić information content (AvgIpc) is 2.94. The number of thiazole rings is 1. The Labute approximate surface area is 115 Å². The second-order valence-corrected chi connectivity index (χ2v) is 4.89. The van der Waals surface area contributed by atoms with Crippen molar-refractivity contribution in [2.24, 2.45) is 5.73 Å². The van der Waals surface area contributed by atoms with Gasteiger partial charge in [0.05, 0.1) is 12.6 Å². The Morgan fingerprint density at radius 1 is 1.42 bits per heavy atom. The quantitative estimate of drug-likeness (QED) is 0.762. The predicted molar refractivity (Wildman–Crippen MR) is 73.7 cm³/mol. The molecule has 0 bridgehead atoms. The van der Waals surface area contributed by atoms with Crippen LogP contribution in [0, 0.1) is 0 Å². The van der Waals surface area contributed by atoms with E-state index in [0.717, 1.165) is 5.56 Å². The topological polar surface area (TPSA) is 88.2 Å². The summed E-state index contributed by atoms with van der Waals surface area (Å²) in [5, 5.41) is 14.5. The summed E-state index contributed by atoms with van der Waals surface area (Å²) < 4.78 is 0. The van der Waals surface area contributed by atoms with Crippen molar-refractivity contribution in [3.05, 3.63) is 52.0 Å².